The van der Waals surface area contributed by atoms with Gasteiger partial charge in [-0.2, -0.15) is 13.2 Å². The summed E-state index contributed by atoms with van der Waals surface area (Å²) in [5.74, 6) is -0.919. The second-order valence-electron chi connectivity index (χ2n) is 4.20. The highest BCUT2D eigenvalue weighted by Gasteiger charge is 2.34. The van der Waals surface area contributed by atoms with E-state index in [0.717, 1.165) is 12.1 Å². The molecule has 1 N–H and O–H groups in total. The molecule has 6 heteroatoms. The Morgan fingerprint density at radius 1 is 1.00 bits per heavy atom. The number of carbonyl (C=O) groups is 2. The molecule has 1 amide bonds. The summed E-state index contributed by atoms with van der Waals surface area (Å²) in [6.07, 6.45) is -4.11. The second-order valence-corrected chi connectivity index (χ2v) is 4.20. The lowest BCUT2D eigenvalue weighted by atomic mass is 10.1. The van der Waals surface area contributed by atoms with Crippen LogP contribution in [0.25, 0.3) is 0 Å². The zero-order valence-corrected chi connectivity index (χ0v) is 10.6. The fourth-order valence-corrected chi connectivity index (χ4v) is 1.83. The molecule has 21 heavy (non-hydrogen) atoms. The number of benzene rings is 2. The van der Waals surface area contributed by atoms with Gasteiger partial charge in [0.1, 0.15) is 0 Å². The van der Waals surface area contributed by atoms with Crippen LogP contribution in [0.3, 0.4) is 0 Å². The van der Waals surface area contributed by atoms with Crippen molar-refractivity contribution in [3.05, 3.63) is 65.2 Å². The van der Waals surface area contributed by atoms with Gasteiger partial charge in [-0.15, -0.1) is 0 Å². The molecular weight excluding hydrogens is 283 g/mol. The monoisotopic (exact) mass is 293 g/mol. The molecule has 0 aliphatic rings. The Bertz CT molecular complexity index is 681. The van der Waals surface area contributed by atoms with E-state index in [4.69, 9.17) is 0 Å². The van der Waals surface area contributed by atoms with Crippen LogP contribution in [-0.2, 0) is 6.18 Å². The molecule has 0 aliphatic carbocycles. The fourth-order valence-electron chi connectivity index (χ4n) is 1.83. The van der Waals surface area contributed by atoms with Crippen molar-refractivity contribution < 1.29 is 22.8 Å². The van der Waals surface area contributed by atoms with E-state index in [1.807, 2.05) is 0 Å². The van der Waals surface area contributed by atoms with Crippen LogP contribution < -0.4 is 5.32 Å². The average molecular weight is 293 g/mol. The van der Waals surface area contributed by atoms with Gasteiger partial charge in [-0.1, -0.05) is 24.3 Å². The normalized spacial score (nSPS) is 11.0. The van der Waals surface area contributed by atoms with Gasteiger partial charge in [-0.3, -0.25) is 9.59 Å². The fraction of sp³-hybridized carbons (Fsp3) is 0.0667. The highest BCUT2D eigenvalue weighted by Crippen LogP contribution is 2.32. The van der Waals surface area contributed by atoms with E-state index in [9.17, 15) is 22.8 Å². The maximum atomic E-state index is 12.9. The zero-order chi connectivity index (χ0) is 15.5. The zero-order valence-electron chi connectivity index (χ0n) is 10.6. The van der Waals surface area contributed by atoms with Crippen LogP contribution in [0.4, 0.5) is 18.9 Å². The van der Waals surface area contributed by atoms with E-state index < -0.39 is 23.2 Å². The summed E-state index contributed by atoms with van der Waals surface area (Å²) in [6, 6.07) is 10.5. The first-order valence-electron chi connectivity index (χ1n) is 5.95. The van der Waals surface area contributed by atoms with Gasteiger partial charge in [0.15, 0.2) is 6.29 Å². The van der Waals surface area contributed by atoms with Crippen molar-refractivity contribution in [1.82, 2.24) is 0 Å². The second kappa shape index (κ2) is 5.78. The van der Waals surface area contributed by atoms with Crippen molar-refractivity contribution in [3.63, 3.8) is 0 Å². The summed E-state index contributed by atoms with van der Waals surface area (Å²) in [5, 5.41) is 2.32. The number of rotatable bonds is 3. The van der Waals surface area contributed by atoms with Crippen molar-refractivity contribution in [1.29, 1.82) is 0 Å². The van der Waals surface area contributed by atoms with E-state index in [1.165, 1.54) is 24.3 Å². The Hall–Kier alpha value is -2.63. The van der Waals surface area contributed by atoms with Gasteiger partial charge < -0.3 is 5.32 Å². The van der Waals surface area contributed by atoms with E-state index in [0.29, 0.717) is 6.29 Å². The largest absolute Gasteiger partial charge is 0.417 e. The molecule has 0 saturated carbocycles. The van der Waals surface area contributed by atoms with Gasteiger partial charge in [0.2, 0.25) is 0 Å². The standard InChI is InChI=1S/C15H10F3NO2/c16-15(17,18)12-7-3-2-6-11(12)14(21)19-13-8-4-1-5-10(13)9-20/h1-9H,(H,19,21). The topological polar surface area (TPSA) is 46.2 Å². The van der Waals surface area contributed by atoms with Crippen LogP contribution >= 0.6 is 0 Å². The van der Waals surface area contributed by atoms with Gasteiger partial charge in [0.25, 0.3) is 5.91 Å². The van der Waals surface area contributed by atoms with Crippen LogP contribution in [0.2, 0.25) is 0 Å². The molecule has 0 saturated heterocycles. The number of hydrogen-bond acceptors (Lipinski definition) is 2. The maximum Gasteiger partial charge on any atom is 0.417 e. The predicted molar refractivity (Wildman–Crippen MR) is 71.2 cm³/mol. The number of aldehydes is 1. The van der Waals surface area contributed by atoms with Crippen molar-refractivity contribution in [2.45, 2.75) is 6.18 Å². The summed E-state index contributed by atoms with van der Waals surface area (Å²) in [4.78, 5) is 22.9. The third-order valence-corrected chi connectivity index (χ3v) is 2.81. The van der Waals surface area contributed by atoms with Gasteiger partial charge in [0, 0.05) is 5.56 Å². The summed E-state index contributed by atoms with van der Waals surface area (Å²) < 4.78 is 38.6. The summed E-state index contributed by atoms with van der Waals surface area (Å²) in [6.45, 7) is 0. The summed E-state index contributed by atoms with van der Waals surface area (Å²) in [7, 11) is 0. The van der Waals surface area contributed by atoms with Crippen molar-refractivity contribution in [2.75, 3.05) is 5.32 Å². The first-order chi connectivity index (χ1) is 9.93. The van der Waals surface area contributed by atoms with Crippen LogP contribution in [-0.4, -0.2) is 12.2 Å². The number of alkyl halides is 3. The van der Waals surface area contributed by atoms with Crippen molar-refractivity contribution >= 4 is 17.9 Å². The predicted octanol–water partition coefficient (Wildman–Crippen LogP) is 3.77. The Morgan fingerprint density at radius 3 is 2.29 bits per heavy atom. The first kappa shape index (κ1) is 14.8. The number of anilines is 1. The number of para-hydroxylation sites is 1. The summed E-state index contributed by atoms with van der Waals surface area (Å²) >= 11 is 0. The van der Waals surface area contributed by atoms with Gasteiger partial charge >= 0.3 is 6.18 Å². The average Bonchev–Trinajstić information content (AvgIpc) is 2.47. The smallest absolute Gasteiger partial charge is 0.321 e. The SMILES string of the molecule is O=Cc1ccccc1NC(=O)c1ccccc1C(F)(F)F. The lowest BCUT2D eigenvalue weighted by Crippen LogP contribution is -2.19. The number of halogens is 3. The molecule has 0 fully saturated rings. The Kier molecular flexibility index (Phi) is 4.07. The van der Waals surface area contributed by atoms with Gasteiger partial charge in [-0.05, 0) is 24.3 Å². The molecule has 0 unspecified atom stereocenters. The number of amides is 1. The quantitative estimate of drug-likeness (QED) is 0.876. The molecule has 0 aromatic heterocycles. The maximum absolute atomic E-state index is 12.9. The molecule has 108 valence electrons. The summed E-state index contributed by atoms with van der Waals surface area (Å²) in [5.41, 5.74) is -1.17. The minimum absolute atomic E-state index is 0.162. The minimum Gasteiger partial charge on any atom is -0.321 e. The lowest BCUT2D eigenvalue weighted by Gasteiger charge is -2.13. The van der Waals surface area contributed by atoms with Crippen molar-refractivity contribution in [2.24, 2.45) is 0 Å². The molecule has 2 rings (SSSR count). The highest BCUT2D eigenvalue weighted by atomic mass is 19.4. The third-order valence-electron chi connectivity index (χ3n) is 2.81. The van der Waals surface area contributed by atoms with E-state index in [-0.39, 0.29) is 11.3 Å². The Labute approximate surface area is 118 Å². The van der Waals surface area contributed by atoms with Crippen molar-refractivity contribution in [3.8, 4) is 0 Å². The van der Waals surface area contributed by atoms with Crippen LogP contribution in [0.5, 0.6) is 0 Å². The van der Waals surface area contributed by atoms with E-state index >= 15 is 0 Å². The first-order valence-corrected chi connectivity index (χ1v) is 5.95. The molecule has 0 spiro atoms. The van der Waals surface area contributed by atoms with Crippen LogP contribution in [0, 0.1) is 0 Å². The van der Waals surface area contributed by atoms with E-state index in [2.05, 4.69) is 5.32 Å². The minimum atomic E-state index is -4.63. The Balaban J connectivity index is 2.36. The highest BCUT2D eigenvalue weighted by molar-refractivity contribution is 6.07. The lowest BCUT2D eigenvalue weighted by molar-refractivity contribution is -0.137. The molecule has 2 aromatic rings. The molecule has 3 nitrogen and oxygen atoms in total. The molecule has 2 aromatic carbocycles. The van der Waals surface area contributed by atoms with Crippen LogP contribution in [0.15, 0.2) is 48.5 Å². The van der Waals surface area contributed by atoms with Gasteiger partial charge in [0.05, 0.1) is 16.8 Å². The number of carbonyl (C=O) groups excluding carboxylic acids is 2. The molecule has 0 bridgehead atoms. The van der Waals surface area contributed by atoms with Crippen LogP contribution in [0.1, 0.15) is 26.3 Å². The number of hydrogen-bond donors (Lipinski definition) is 1. The molecular formula is C15H10F3NO2. The Morgan fingerprint density at radius 2 is 1.62 bits per heavy atom. The van der Waals surface area contributed by atoms with E-state index in [1.54, 1.807) is 12.1 Å². The molecule has 0 aliphatic heterocycles. The molecule has 0 radical (unpaired) electrons. The number of nitrogens with one attached hydrogen (secondary N) is 1. The van der Waals surface area contributed by atoms with Gasteiger partial charge in [-0.25, -0.2) is 0 Å². The molecule has 0 heterocycles. The molecule has 0 atom stereocenters. The third kappa shape index (κ3) is 3.28.